The SMILES string of the molecule is O=C1CN(C(=O)Nc2ccccc2F)c2ccc(S(=O)(=O)N3CCCCC3)cc2N1. The van der Waals surface area contributed by atoms with Crippen LogP contribution in [0.3, 0.4) is 0 Å². The van der Waals surface area contributed by atoms with E-state index in [1.165, 1.54) is 40.7 Å². The number of carbonyl (C=O) groups excluding carboxylic acids is 2. The third-order valence-corrected chi connectivity index (χ3v) is 7.04. The van der Waals surface area contributed by atoms with Gasteiger partial charge in [-0.2, -0.15) is 4.31 Å². The molecule has 8 nitrogen and oxygen atoms in total. The van der Waals surface area contributed by atoms with E-state index in [1.54, 1.807) is 6.07 Å². The number of nitrogens with zero attached hydrogens (tertiary/aromatic N) is 2. The first-order valence-corrected chi connectivity index (χ1v) is 11.1. The minimum Gasteiger partial charge on any atom is -0.323 e. The molecule has 10 heteroatoms. The van der Waals surface area contributed by atoms with Crippen molar-refractivity contribution in [3.63, 3.8) is 0 Å². The van der Waals surface area contributed by atoms with Crippen molar-refractivity contribution >= 4 is 39.0 Å². The molecule has 2 aromatic carbocycles. The van der Waals surface area contributed by atoms with Gasteiger partial charge in [0.05, 0.1) is 22.0 Å². The number of urea groups is 1. The topological polar surface area (TPSA) is 98.8 Å². The van der Waals surface area contributed by atoms with Crippen molar-refractivity contribution in [3.8, 4) is 0 Å². The van der Waals surface area contributed by atoms with E-state index < -0.39 is 27.8 Å². The van der Waals surface area contributed by atoms with Crippen molar-refractivity contribution in [2.24, 2.45) is 0 Å². The number of hydrogen-bond donors (Lipinski definition) is 2. The summed E-state index contributed by atoms with van der Waals surface area (Å²) in [6.07, 6.45) is 2.62. The number of rotatable bonds is 3. The highest BCUT2D eigenvalue weighted by Gasteiger charge is 2.31. The molecule has 2 aliphatic heterocycles. The largest absolute Gasteiger partial charge is 0.326 e. The summed E-state index contributed by atoms with van der Waals surface area (Å²) in [6, 6.07) is 9.27. The van der Waals surface area contributed by atoms with Crippen LogP contribution in [0.15, 0.2) is 47.4 Å². The molecular weight excluding hydrogens is 411 g/mol. The summed E-state index contributed by atoms with van der Waals surface area (Å²) in [4.78, 5) is 26.1. The van der Waals surface area contributed by atoms with Crippen molar-refractivity contribution in [1.29, 1.82) is 0 Å². The Bertz CT molecular complexity index is 1100. The standard InChI is InChI=1S/C20H21FN4O4S/c21-15-6-2-3-7-16(15)23-20(27)25-13-19(26)22-17-12-14(8-9-18(17)25)30(28,29)24-10-4-1-5-11-24/h2-3,6-9,12H,1,4-5,10-11,13H2,(H,22,26)(H,23,27). The number of para-hydroxylation sites is 1. The predicted octanol–water partition coefficient (Wildman–Crippen LogP) is 2.99. The number of benzene rings is 2. The smallest absolute Gasteiger partial charge is 0.323 e. The van der Waals surface area contributed by atoms with E-state index in [1.807, 2.05) is 0 Å². The maximum absolute atomic E-state index is 13.9. The zero-order valence-corrected chi connectivity index (χ0v) is 16.9. The number of carbonyl (C=O) groups is 2. The maximum atomic E-state index is 13.9. The number of piperidine rings is 1. The molecule has 0 spiro atoms. The summed E-state index contributed by atoms with van der Waals surface area (Å²) in [5.74, 6) is -1.07. The van der Waals surface area contributed by atoms with E-state index in [2.05, 4.69) is 10.6 Å². The Labute approximate surface area is 173 Å². The number of hydrogen-bond acceptors (Lipinski definition) is 4. The summed E-state index contributed by atoms with van der Waals surface area (Å²) in [7, 11) is -3.69. The Kier molecular flexibility index (Phi) is 5.44. The number of amides is 3. The zero-order chi connectivity index (χ0) is 21.3. The molecule has 0 saturated carbocycles. The molecular formula is C20H21FN4O4S. The Balaban J connectivity index is 1.63. The molecule has 3 amide bonds. The van der Waals surface area contributed by atoms with E-state index in [9.17, 15) is 22.4 Å². The fourth-order valence-electron chi connectivity index (χ4n) is 3.61. The second kappa shape index (κ2) is 8.04. The monoisotopic (exact) mass is 432 g/mol. The molecule has 2 aromatic rings. The van der Waals surface area contributed by atoms with Gasteiger partial charge in [0, 0.05) is 13.1 Å². The molecule has 0 aliphatic carbocycles. The molecule has 158 valence electrons. The van der Waals surface area contributed by atoms with Gasteiger partial charge in [-0.3, -0.25) is 9.69 Å². The van der Waals surface area contributed by atoms with Crippen LogP contribution >= 0.6 is 0 Å². The Hall–Kier alpha value is -2.98. The van der Waals surface area contributed by atoms with Gasteiger partial charge < -0.3 is 10.6 Å². The number of anilines is 3. The fraction of sp³-hybridized carbons (Fsp3) is 0.300. The number of sulfonamides is 1. The van der Waals surface area contributed by atoms with Gasteiger partial charge in [0.1, 0.15) is 12.4 Å². The highest BCUT2D eigenvalue weighted by atomic mass is 32.2. The highest BCUT2D eigenvalue weighted by Crippen LogP contribution is 2.33. The van der Waals surface area contributed by atoms with Crippen LogP contribution in [0.4, 0.5) is 26.2 Å². The minimum absolute atomic E-state index is 0.0145. The highest BCUT2D eigenvalue weighted by molar-refractivity contribution is 7.89. The molecule has 0 radical (unpaired) electrons. The molecule has 2 N–H and O–H groups in total. The van der Waals surface area contributed by atoms with Crippen LogP contribution in [0.2, 0.25) is 0 Å². The Morgan fingerprint density at radius 3 is 2.53 bits per heavy atom. The van der Waals surface area contributed by atoms with E-state index in [0.29, 0.717) is 18.8 Å². The lowest BCUT2D eigenvalue weighted by molar-refractivity contribution is -0.115. The van der Waals surface area contributed by atoms with Crippen molar-refractivity contribution in [2.75, 3.05) is 35.2 Å². The van der Waals surface area contributed by atoms with Crippen LogP contribution < -0.4 is 15.5 Å². The zero-order valence-electron chi connectivity index (χ0n) is 16.1. The Morgan fingerprint density at radius 2 is 1.80 bits per heavy atom. The van der Waals surface area contributed by atoms with Crippen molar-refractivity contribution in [2.45, 2.75) is 24.2 Å². The fourth-order valence-corrected chi connectivity index (χ4v) is 5.15. The lowest BCUT2D eigenvalue weighted by Gasteiger charge is -2.30. The molecule has 0 unspecified atom stereocenters. The first-order valence-electron chi connectivity index (χ1n) is 9.63. The molecule has 0 atom stereocenters. The second-order valence-corrected chi connectivity index (χ2v) is 9.13. The first kappa shape index (κ1) is 20.3. The van der Waals surface area contributed by atoms with Gasteiger partial charge in [-0.1, -0.05) is 18.6 Å². The van der Waals surface area contributed by atoms with E-state index >= 15 is 0 Å². The summed E-state index contributed by atoms with van der Waals surface area (Å²) < 4.78 is 41.2. The molecule has 0 aromatic heterocycles. The van der Waals surface area contributed by atoms with Gasteiger partial charge >= 0.3 is 6.03 Å². The normalized spacial score (nSPS) is 17.2. The summed E-state index contributed by atoms with van der Waals surface area (Å²) in [6.45, 7) is 0.650. The average Bonchev–Trinajstić information content (AvgIpc) is 2.74. The van der Waals surface area contributed by atoms with Crippen LogP contribution in [-0.2, 0) is 14.8 Å². The summed E-state index contributed by atoms with van der Waals surface area (Å²) in [5.41, 5.74) is 0.536. The van der Waals surface area contributed by atoms with Crippen molar-refractivity contribution < 1.29 is 22.4 Å². The van der Waals surface area contributed by atoms with E-state index in [0.717, 1.165) is 24.2 Å². The molecule has 4 rings (SSSR count). The van der Waals surface area contributed by atoms with Gasteiger partial charge in [0.25, 0.3) is 0 Å². The van der Waals surface area contributed by atoms with Crippen LogP contribution in [0.5, 0.6) is 0 Å². The van der Waals surface area contributed by atoms with Crippen LogP contribution in [0.1, 0.15) is 19.3 Å². The van der Waals surface area contributed by atoms with Gasteiger partial charge in [-0.15, -0.1) is 0 Å². The molecule has 30 heavy (non-hydrogen) atoms. The van der Waals surface area contributed by atoms with Crippen LogP contribution in [0.25, 0.3) is 0 Å². The van der Waals surface area contributed by atoms with Gasteiger partial charge in [-0.25, -0.2) is 17.6 Å². The average molecular weight is 432 g/mol. The lowest BCUT2D eigenvalue weighted by atomic mass is 10.2. The predicted molar refractivity (Wildman–Crippen MR) is 110 cm³/mol. The summed E-state index contributed by atoms with van der Waals surface area (Å²) in [5, 5.41) is 5.06. The molecule has 2 aliphatic rings. The number of nitrogens with one attached hydrogen (secondary N) is 2. The third kappa shape index (κ3) is 3.88. The molecule has 0 bridgehead atoms. The van der Waals surface area contributed by atoms with Crippen molar-refractivity contribution in [1.82, 2.24) is 4.31 Å². The molecule has 1 fully saturated rings. The van der Waals surface area contributed by atoms with Gasteiger partial charge in [0.15, 0.2) is 0 Å². The quantitative estimate of drug-likeness (QED) is 0.779. The van der Waals surface area contributed by atoms with Crippen LogP contribution in [-0.4, -0.2) is 44.3 Å². The van der Waals surface area contributed by atoms with E-state index in [4.69, 9.17) is 0 Å². The third-order valence-electron chi connectivity index (χ3n) is 5.15. The summed E-state index contributed by atoms with van der Waals surface area (Å²) >= 11 is 0. The van der Waals surface area contributed by atoms with Crippen molar-refractivity contribution in [3.05, 3.63) is 48.3 Å². The number of halogens is 1. The first-order chi connectivity index (χ1) is 14.4. The number of fused-ring (bicyclic) bond motifs is 1. The Morgan fingerprint density at radius 1 is 1.07 bits per heavy atom. The van der Waals surface area contributed by atoms with Crippen LogP contribution in [0, 0.1) is 5.82 Å². The van der Waals surface area contributed by atoms with E-state index in [-0.39, 0.29) is 22.8 Å². The molecule has 2 heterocycles. The molecule has 1 saturated heterocycles. The van der Waals surface area contributed by atoms with Gasteiger partial charge in [-0.05, 0) is 43.2 Å². The maximum Gasteiger partial charge on any atom is 0.326 e. The lowest BCUT2D eigenvalue weighted by Crippen LogP contribution is -2.44. The van der Waals surface area contributed by atoms with Gasteiger partial charge in [0.2, 0.25) is 15.9 Å². The minimum atomic E-state index is -3.69. The second-order valence-electron chi connectivity index (χ2n) is 7.19.